The summed E-state index contributed by atoms with van der Waals surface area (Å²) in [6, 6.07) is 1.77. The highest BCUT2D eigenvalue weighted by Crippen LogP contribution is 2.37. The van der Waals surface area contributed by atoms with Crippen molar-refractivity contribution in [2.75, 3.05) is 0 Å². The van der Waals surface area contributed by atoms with Crippen LogP contribution < -0.4 is 0 Å². The quantitative estimate of drug-likeness (QED) is 0.859. The van der Waals surface area contributed by atoms with Crippen molar-refractivity contribution in [3.63, 3.8) is 0 Å². The Balaban J connectivity index is 2.49. The molecule has 2 aromatic rings. The Hall–Kier alpha value is -2.04. The van der Waals surface area contributed by atoms with E-state index in [9.17, 15) is 18.7 Å². The van der Waals surface area contributed by atoms with Crippen molar-refractivity contribution in [3.05, 3.63) is 40.6 Å². The first kappa shape index (κ1) is 12.0. The predicted octanol–water partition coefficient (Wildman–Crippen LogP) is 3.26. The average Bonchev–Trinajstić information content (AvgIpc) is 2.68. The van der Waals surface area contributed by atoms with Gasteiger partial charge in [-0.3, -0.25) is 0 Å². The SMILES string of the molecule is CC1CCc2c1nc1c(F)cc(F)cc1c2C(=O)O. The lowest BCUT2D eigenvalue weighted by atomic mass is 10.00. The lowest BCUT2D eigenvalue weighted by Gasteiger charge is -2.11. The molecule has 0 saturated heterocycles. The number of aromatic carboxylic acids is 1. The summed E-state index contributed by atoms with van der Waals surface area (Å²) in [5.41, 5.74) is 1.15. The molecule has 1 aliphatic carbocycles. The first-order chi connectivity index (χ1) is 8.99. The fourth-order valence-corrected chi connectivity index (χ4v) is 2.75. The molecule has 3 nitrogen and oxygen atoms in total. The van der Waals surface area contributed by atoms with Crippen molar-refractivity contribution >= 4 is 16.9 Å². The van der Waals surface area contributed by atoms with Crippen molar-refractivity contribution in [2.45, 2.75) is 25.7 Å². The van der Waals surface area contributed by atoms with E-state index in [1.807, 2.05) is 6.92 Å². The maximum Gasteiger partial charge on any atom is 0.336 e. The topological polar surface area (TPSA) is 50.2 Å². The van der Waals surface area contributed by atoms with Crippen LogP contribution in [0.15, 0.2) is 12.1 Å². The normalized spacial score (nSPS) is 17.7. The van der Waals surface area contributed by atoms with E-state index in [1.165, 1.54) is 0 Å². The van der Waals surface area contributed by atoms with Gasteiger partial charge in [-0.2, -0.15) is 0 Å². The summed E-state index contributed by atoms with van der Waals surface area (Å²) < 4.78 is 27.1. The second kappa shape index (κ2) is 3.98. The zero-order valence-corrected chi connectivity index (χ0v) is 10.2. The molecule has 0 saturated carbocycles. The van der Waals surface area contributed by atoms with Crippen LogP contribution >= 0.6 is 0 Å². The van der Waals surface area contributed by atoms with Crippen molar-refractivity contribution < 1.29 is 18.7 Å². The minimum Gasteiger partial charge on any atom is -0.478 e. The van der Waals surface area contributed by atoms with Gasteiger partial charge in [-0.1, -0.05) is 6.92 Å². The van der Waals surface area contributed by atoms with Crippen molar-refractivity contribution in [2.24, 2.45) is 0 Å². The second-order valence-corrected chi connectivity index (χ2v) is 4.88. The van der Waals surface area contributed by atoms with Gasteiger partial charge < -0.3 is 5.11 Å². The fourth-order valence-electron chi connectivity index (χ4n) is 2.75. The fraction of sp³-hybridized carbons (Fsp3) is 0.286. The summed E-state index contributed by atoms with van der Waals surface area (Å²) >= 11 is 0. The highest BCUT2D eigenvalue weighted by molar-refractivity contribution is 6.04. The van der Waals surface area contributed by atoms with Gasteiger partial charge in [0.1, 0.15) is 11.3 Å². The molecule has 1 aromatic heterocycles. The molecule has 1 heterocycles. The number of rotatable bonds is 1. The number of pyridine rings is 1. The van der Waals surface area contributed by atoms with Crippen LogP contribution in [0, 0.1) is 11.6 Å². The number of halogens is 2. The summed E-state index contributed by atoms with van der Waals surface area (Å²) in [4.78, 5) is 15.6. The molecule has 1 aliphatic rings. The zero-order chi connectivity index (χ0) is 13.7. The Bertz CT molecular complexity index is 712. The minimum atomic E-state index is -1.16. The number of aromatic nitrogens is 1. The third-order valence-corrected chi connectivity index (χ3v) is 3.65. The molecule has 19 heavy (non-hydrogen) atoms. The van der Waals surface area contributed by atoms with Gasteiger partial charge in [-0.25, -0.2) is 18.6 Å². The molecule has 0 bridgehead atoms. The molecule has 1 N–H and O–H groups in total. The average molecular weight is 263 g/mol. The first-order valence-electron chi connectivity index (χ1n) is 6.04. The van der Waals surface area contributed by atoms with Gasteiger partial charge in [-0.15, -0.1) is 0 Å². The number of hydrogen-bond acceptors (Lipinski definition) is 2. The van der Waals surface area contributed by atoms with Gasteiger partial charge in [0.15, 0.2) is 5.82 Å². The van der Waals surface area contributed by atoms with E-state index in [0.29, 0.717) is 17.7 Å². The van der Waals surface area contributed by atoms with Crippen molar-refractivity contribution in [3.8, 4) is 0 Å². The molecule has 0 amide bonds. The summed E-state index contributed by atoms with van der Waals surface area (Å²) in [5, 5.41) is 9.38. The molecule has 0 aliphatic heterocycles. The monoisotopic (exact) mass is 263 g/mol. The Kier molecular flexibility index (Phi) is 2.52. The third-order valence-electron chi connectivity index (χ3n) is 3.65. The molecule has 1 aromatic carbocycles. The molecule has 98 valence electrons. The molecule has 0 radical (unpaired) electrons. The van der Waals surface area contributed by atoms with E-state index in [4.69, 9.17) is 0 Å². The molecule has 0 fully saturated rings. The third kappa shape index (κ3) is 1.69. The predicted molar refractivity (Wildman–Crippen MR) is 65.4 cm³/mol. The van der Waals surface area contributed by atoms with Crippen molar-refractivity contribution in [1.82, 2.24) is 4.98 Å². The number of nitrogens with zero attached hydrogens (tertiary/aromatic N) is 1. The van der Waals surface area contributed by atoms with Gasteiger partial charge >= 0.3 is 5.97 Å². The van der Waals surface area contributed by atoms with Crippen LogP contribution in [0.2, 0.25) is 0 Å². The second-order valence-electron chi connectivity index (χ2n) is 4.88. The van der Waals surface area contributed by atoms with Gasteiger partial charge in [0.25, 0.3) is 0 Å². The van der Waals surface area contributed by atoms with E-state index in [2.05, 4.69) is 4.98 Å². The maximum absolute atomic E-state index is 13.8. The highest BCUT2D eigenvalue weighted by atomic mass is 19.1. The van der Waals surface area contributed by atoms with Crippen LogP contribution in [0.25, 0.3) is 10.9 Å². The molecule has 5 heteroatoms. The lowest BCUT2D eigenvalue weighted by molar-refractivity contribution is 0.0698. The van der Waals surface area contributed by atoms with Crippen molar-refractivity contribution in [1.29, 1.82) is 0 Å². The Morgan fingerprint density at radius 1 is 1.42 bits per heavy atom. The Morgan fingerprint density at radius 3 is 2.84 bits per heavy atom. The zero-order valence-electron chi connectivity index (χ0n) is 10.2. The number of fused-ring (bicyclic) bond motifs is 2. The van der Waals surface area contributed by atoms with Crippen LogP contribution in [0.5, 0.6) is 0 Å². The molecule has 3 rings (SSSR count). The highest BCUT2D eigenvalue weighted by Gasteiger charge is 2.28. The van der Waals surface area contributed by atoms with Crippen LogP contribution in [-0.4, -0.2) is 16.1 Å². The summed E-state index contributed by atoms with van der Waals surface area (Å²) in [6.07, 6.45) is 1.36. The smallest absolute Gasteiger partial charge is 0.336 e. The summed E-state index contributed by atoms with van der Waals surface area (Å²) in [5.74, 6) is -2.68. The standard InChI is InChI=1S/C14H11F2NO2/c1-6-2-3-8-11(14(18)19)9-4-7(15)5-10(16)13(9)17-12(6)8/h4-6H,2-3H2,1H3,(H,18,19). The van der Waals surface area contributed by atoms with Crippen LogP contribution in [-0.2, 0) is 6.42 Å². The minimum absolute atomic E-state index is 0.0113. The lowest BCUT2D eigenvalue weighted by Crippen LogP contribution is -2.07. The molecule has 1 atom stereocenters. The Morgan fingerprint density at radius 2 is 2.16 bits per heavy atom. The number of carboxylic acid groups (broad SMARTS) is 1. The summed E-state index contributed by atoms with van der Waals surface area (Å²) in [6.45, 7) is 1.93. The van der Waals surface area contributed by atoms with Gasteiger partial charge in [-0.05, 0) is 30.4 Å². The van der Waals surface area contributed by atoms with Crippen LogP contribution in [0.4, 0.5) is 8.78 Å². The maximum atomic E-state index is 13.8. The number of carbonyl (C=O) groups is 1. The van der Waals surface area contributed by atoms with E-state index in [1.54, 1.807) is 0 Å². The van der Waals surface area contributed by atoms with E-state index >= 15 is 0 Å². The van der Waals surface area contributed by atoms with Crippen LogP contribution in [0.1, 0.15) is 40.9 Å². The van der Waals surface area contributed by atoms with Gasteiger partial charge in [0.05, 0.1) is 5.56 Å². The number of benzene rings is 1. The van der Waals surface area contributed by atoms with Crippen LogP contribution in [0.3, 0.4) is 0 Å². The molecule has 0 spiro atoms. The Labute approximate surface area is 107 Å². The number of hydrogen-bond donors (Lipinski definition) is 1. The van der Waals surface area contributed by atoms with E-state index < -0.39 is 17.6 Å². The van der Waals surface area contributed by atoms with Gasteiger partial charge in [0.2, 0.25) is 0 Å². The summed E-state index contributed by atoms with van der Waals surface area (Å²) in [7, 11) is 0. The molecular weight excluding hydrogens is 252 g/mol. The van der Waals surface area contributed by atoms with Gasteiger partial charge in [0, 0.05) is 17.1 Å². The number of carboxylic acids is 1. The largest absolute Gasteiger partial charge is 0.478 e. The molecular formula is C14H11F2NO2. The molecule has 1 unspecified atom stereocenters. The van der Waals surface area contributed by atoms with E-state index in [-0.39, 0.29) is 22.4 Å². The van der Waals surface area contributed by atoms with E-state index in [0.717, 1.165) is 18.6 Å². The first-order valence-corrected chi connectivity index (χ1v) is 6.04.